The van der Waals surface area contributed by atoms with Crippen LogP contribution in [0.1, 0.15) is 28.8 Å². The predicted molar refractivity (Wildman–Crippen MR) is 110 cm³/mol. The maximum absolute atomic E-state index is 12.8. The minimum Gasteiger partial charge on any atom is -0.496 e. The average Bonchev–Trinajstić information content (AvgIpc) is 2.68. The number of hydrogen-bond donors (Lipinski definition) is 1. The Hall–Kier alpha value is -1.95. The lowest BCUT2D eigenvalue weighted by atomic mass is 10.1. The van der Waals surface area contributed by atoms with Crippen molar-refractivity contribution in [1.82, 2.24) is 4.90 Å². The molecule has 0 unspecified atom stereocenters. The molecule has 146 valence electrons. The Balaban J connectivity index is 0.00000261. The second-order valence-corrected chi connectivity index (χ2v) is 6.77. The Bertz CT molecular complexity index is 763. The molecular weight excluding hydrogens is 387 g/mol. The Morgan fingerprint density at radius 2 is 1.89 bits per heavy atom. The standard InChI is InChI=1S/C20H23ClN2O3.ClH/c1-25-19-12-18(22)17(21)11-16(19)20(24)23-9-7-15(8-10-23)26-13-14-5-3-2-4-6-14;/h2-6,11-12,15H,7-10,13,22H2,1H3;1H. The van der Waals surface area contributed by atoms with Crippen molar-refractivity contribution >= 4 is 35.6 Å². The van der Waals surface area contributed by atoms with E-state index in [4.69, 9.17) is 26.8 Å². The van der Waals surface area contributed by atoms with Crippen LogP contribution in [0.2, 0.25) is 5.02 Å². The van der Waals surface area contributed by atoms with Crippen LogP contribution < -0.4 is 10.5 Å². The molecule has 5 nitrogen and oxygen atoms in total. The Morgan fingerprint density at radius 3 is 2.52 bits per heavy atom. The molecule has 0 bridgehead atoms. The molecule has 2 N–H and O–H groups in total. The zero-order valence-electron chi connectivity index (χ0n) is 15.2. The number of hydrogen-bond acceptors (Lipinski definition) is 4. The van der Waals surface area contributed by atoms with Crippen molar-refractivity contribution in [2.75, 3.05) is 25.9 Å². The zero-order valence-corrected chi connectivity index (χ0v) is 16.8. The van der Waals surface area contributed by atoms with Gasteiger partial charge < -0.3 is 20.1 Å². The number of rotatable bonds is 5. The van der Waals surface area contributed by atoms with Crippen LogP contribution in [0.5, 0.6) is 5.75 Å². The van der Waals surface area contributed by atoms with Crippen molar-refractivity contribution in [2.45, 2.75) is 25.6 Å². The summed E-state index contributed by atoms with van der Waals surface area (Å²) in [4.78, 5) is 14.6. The fourth-order valence-electron chi connectivity index (χ4n) is 3.09. The van der Waals surface area contributed by atoms with E-state index in [0.29, 0.717) is 41.7 Å². The SMILES string of the molecule is COc1cc(N)c(Cl)cc1C(=O)N1CCC(OCc2ccccc2)CC1.Cl. The quantitative estimate of drug-likeness (QED) is 0.750. The molecule has 1 amide bonds. The van der Waals surface area contributed by atoms with Gasteiger partial charge in [0.2, 0.25) is 0 Å². The molecule has 0 aromatic heterocycles. The largest absolute Gasteiger partial charge is 0.496 e. The highest BCUT2D eigenvalue weighted by Gasteiger charge is 2.26. The molecule has 0 saturated carbocycles. The minimum absolute atomic E-state index is 0. The van der Waals surface area contributed by atoms with Crippen LogP contribution in [0, 0.1) is 0 Å². The van der Waals surface area contributed by atoms with Crippen molar-refractivity contribution < 1.29 is 14.3 Å². The first-order valence-corrected chi connectivity index (χ1v) is 9.04. The van der Waals surface area contributed by atoms with Crippen LogP contribution in [-0.2, 0) is 11.3 Å². The van der Waals surface area contributed by atoms with Crippen LogP contribution in [0.4, 0.5) is 5.69 Å². The summed E-state index contributed by atoms with van der Waals surface area (Å²) in [6.07, 6.45) is 1.78. The molecule has 0 spiro atoms. The van der Waals surface area contributed by atoms with E-state index in [-0.39, 0.29) is 24.4 Å². The van der Waals surface area contributed by atoms with Crippen molar-refractivity contribution in [1.29, 1.82) is 0 Å². The van der Waals surface area contributed by atoms with E-state index < -0.39 is 0 Å². The summed E-state index contributed by atoms with van der Waals surface area (Å²) >= 11 is 6.08. The van der Waals surface area contributed by atoms with Gasteiger partial charge in [-0.25, -0.2) is 0 Å². The van der Waals surface area contributed by atoms with Gasteiger partial charge in [0.1, 0.15) is 5.75 Å². The van der Waals surface area contributed by atoms with Crippen LogP contribution in [0.3, 0.4) is 0 Å². The van der Waals surface area contributed by atoms with Gasteiger partial charge in [-0.3, -0.25) is 4.79 Å². The van der Waals surface area contributed by atoms with E-state index in [9.17, 15) is 4.79 Å². The maximum atomic E-state index is 12.8. The second-order valence-electron chi connectivity index (χ2n) is 6.36. The van der Waals surface area contributed by atoms with Gasteiger partial charge in [-0.15, -0.1) is 12.4 Å². The first-order valence-electron chi connectivity index (χ1n) is 8.66. The lowest BCUT2D eigenvalue weighted by Gasteiger charge is -2.32. The van der Waals surface area contributed by atoms with E-state index in [2.05, 4.69) is 12.1 Å². The van der Waals surface area contributed by atoms with Gasteiger partial charge >= 0.3 is 0 Å². The summed E-state index contributed by atoms with van der Waals surface area (Å²) in [6.45, 7) is 1.88. The minimum atomic E-state index is -0.0924. The topological polar surface area (TPSA) is 64.8 Å². The molecule has 7 heteroatoms. The number of piperidine rings is 1. The number of halogens is 2. The average molecular weight is 411 g/mol. The number of carbonyl (C=O) groups is 1. The Kier molecular flexibility index (Phi) is 7.78. The van der Waals surface area contributed by atoms with Gasteiger partial charge in [0.15, 0.2) is 0 Å². The number of benzene rings is 2. The van der Waals surface area contributed by atoms with E-state index in [0.717, 1.165) is 18.4 Å². The van der Waals surface area contributed by atoms with Crippen molar-refractivity contribution in [3.63, 3.8) is 0 Å². The molecule has 1 aliphatic rings. The lowest BCUT2D eigenvalue weighted by molar-refractivity contribution is -0.000433. The molecule has 1 heterocycles. The number of likely N-dealkylation sites (tertiary alicyclic amines) is 1. The van der Waals surface area contributed by atoms with E-state index in [1.165, 1.54) is 7.11 Å². The number of nitrogens with two attached hydrogens (primary N) is 1. The summed E-state index contributed by atoms with van der Waals surface area (Å²) in [5, 5.41) is 0.357. The van der Waals surface area contributed by atoms with Gasteiger partial charge in [0.25, 0.3) is 5.91 Å². The summed E-state index contributed by atoms with van der Waals surface area (Å²) in [5.74, 6) is 0.351. The number of ether oxygens (including phenoxy) is 2. The fourth-order valence-corrected chi connectivity index (χ4v) is 3.25. The molecule has 0 radical (unpaired) electrons. The van der Waals surface area contributed by atoms with Crippen molar-refractivity contribution in [3.05, 3.63) is 58.6 Å². The highest BCUT2D eigenvalue weighted by molar-refractivity contribution is 6.33. The molecule has 27 heavy (non-hydrogen) atoms. The van der Waals surface area contributed by atoms with Gasteiger partial charge in [-0.1, -0.05) is 41.9 Å². The Morgan fingerprint density at radius 1 is 1.22 bits per heavy atom. The van der Waals surface area contributed by atoms with E-state index >= 15 is 0 Å². The van der Waals surface area contributed by atoms with Gasteiger partial charge in [-0.2, -0.15) is 0 Å². The van der Waals surface area contributed by atoms with Gasteiger partial charge in [-0.05, 0) is 24.5 Å². The second kappa shape index (κ2) is 9.83. The van der Waals surface area contributed by atoms with E-state index in [1.54, 1.807) is 12.1 Å². The summed E-state index contributed by atoms with van der Waals surface area (Å²) < 4.78 is 11.3. The van der Waals surface area contributed by atoms with Crippen LogP contribution in [0.25, 0.3) is 0 Å². The third-order valence-corrected chi connectivity index (χ3v) is 4.93. The van der Waals surface area contributed by atoms with Crippen LogP contribution in [-0.4, -0.2) is 37.1 Å². The molecule has 0 aliphatic carbocycles. The smallest absolute Gasteiger partial charge is 0.257 e. The third-order valence-electron chi connectivity index (χ3n) is 4.61. The van der Waals surface area contributed by atoms with Crippen molar-refractivity contribution in [3.8, 4) is 5.75 Å². The Labute approximate surface area is 170 Å². The van der Waals surface area contributed by atoms with E-state index in [1.807, 2.05) is 23.1 Å². The number of nitrogens with zero attached hydrogens (tertiary/aromatic N) is 1. The number of methoxy groups -OCH3 is 1. The summed E-state index contributed by atoms with van der Waals surface area (Å²) in [5.41, 5.74) is 7.79. The molecule has 1 aliphatic heterocycles. The molecule has 3 rings (SSSR count). The maximum Gasteiger partial charge on any atom is 0.257 e. The van der Waals surface area contributed by atoms with Crippen molar-refractivity contribution in [2.24, 2.45) is 0 Å². The lowest BCUT2D eigenvalue weighted by Crippen LogP contribution is -2.41. The molecule has 0 atom stereocenters. The normalized spacial score (nSPS) is 14.5. The van der Waals surface area contributed by atoms with Gasteiger partial charge in [0.05, 0.1) is 36.1 Å². The number of amides is 1. The number of nitrogen functional groups attached to an aromatic ring is 1. The molecule has 2 aromatic rings. The fraction of sp³-hybridized carbons (Fsp3) is 0.350. The zero-order chi connectivity index (χ0) is 18.5. The van der Waals surface area contributed by atoms with Gasteiger partial charge in [0, 0.05) is 19.2 Å². The number of carbonyl (C=O) groups excluding carboxylic acids is 1. The number of anilines is 1. The predicted octanol–water partition coefficient (Wildman–Crippen LogP) is 4.17. The highest BCUT2D eigenvalue weighted by Crippen LogP contribution is 2.30. The first-order chi connectivity index (χ1) is 12.6. The molecular formula is C20H24Cl2N2O3. The highest BCUT2D eigenvalue weighted by atomic mass is 35.5. The van der Waals surface area contributed by atoms with Crippen LogP contribution >= 0.6 is 24.0 Å². The first kappa shape index (κ1) is 21.4. The molecule has 2 aromatic carbocycles. The third kappa shape index (κ3) is 5.28. The molecule has 1 saturated heterocycles. The summed E-state index contributed by atoms with van der Waals surface area (Å²) in [6, 6.07) is 13.3. The monoisotopic (exact) mass is 410 g/mol. The van der Waals surface area contributed by atoms with Crippen LogP contribution in [0.15, 0.2) is 42.5 Å². The summed E-state index contributed by atoms with van der Waals surface area (Å²) in [7, 11) is 1.52. The molecule has 1 fully saturated rings.